The van der Waals surface area contributed by atoms with E-state index in [1.54, 1.807) is 0 Å². The Hall–Kier alpha value is -1.99. The second kappa shape index (κ2) is 8.14. The molecule has 2 aliphatic rings. The van der Waals surface area contributed by atoms with Gasteiger partial charge in [0.15, 0.2) is 5.82 Å². The summed E-state index contributed by atoms with van der Waals surface area (Å²) < 4.78 is 11.0. The number of anilines is 1. The summed E-state index contributed by atoms with van der Waals surface area (Å²) in [6.45, 7) is 6.41. The molecule has 4 rings (SSSR count). The van der Waals surface area contributed by atoms with Gasteiger partial charge < -0.3 is 19.5 Å². The summed E-state index contributed by atoms with van der Waals surface area (Å²) in [5.41, 5.74) is 1.17. The van der Waals surface area contributed by atoms with E-state index in [0.717, 1.165) is 51.5 Å². The maximum absolute atomic E-state index is 5.51. The normalized spacial score (nSPS) is 19.8. The van der Waals surface area contributed by atoms with Crippen molar-refractivity contribution < 1.29 is 9.26 Å². The molecular weight excluding hydrogens is 330 g/mol. The molecular formula is C19H27N5O2. The molecule has 2 aliphatic heterocycles. The SMILES string of the molecule is Cc1noc([C@H](NCc2ccc(N3CCCC3)nc2)C2CCOCC2)n1. The van der Waals surface area contributed by atoms with Crippen LogP contribution in [0.15, 0.2) is 22.9 Å². The number of hydrogen-bond donors (Lipinski definition) is 1. The summed E-state index contributed by atoms with van der Waals surface area (Å²) in [6.07, 6.45) is 6.51. The van der Waals surface area contributed by atoms with Gasteiger partial charge in [-0.3, -0.25) is 0 Å². The molecule has 2 aromatic rings. The van der Waals surface area contributed by atoms with Crippen molar-refractivity contribution in [2.24, 2.45) is 5.92 Å². The number of aromatic nitrogens is 3. The zero-order valence-corrected chi connectivity index (χ0v) is 15.4. The fourth-order valence-corrected chi connectivity index (χ4v) is 3.83. The van der Waals surface area contributed by atoms with E-state index in [-0.39, 0.29) is 6.04 Å². The average molecular weight is 357 g/mol. The minimum Gasteiger partial charge on any atom is -0.381 e. The zero-order valence-electron chi connectivity index (χ0n) is 15.4. The first kappa shape index (κ1) is 17.4. The van der Waals surface area contributed by atoms with E-state index >= 15 is 0 Å². The Labute approximate surface area is 154 Å². The zero-order chi connectivity index (χ0) is 17.8. The second-order valence-corrected chi connectivity index (χ2v) is 7.21. The van der Waals surface area contributed by atoms with Crippen LogP contribution < -0.4 is 10.2 Å². The van der Waals surface area contributed by atoms with Gasteiger partial charge in [0.1, 0.15) is 5.82 Å². The van der Waals surface area contributed by atoms with E-state index in [0.29, 0.717) is 17.6 Å². The van der Waals surface area contributed by atoms with Crippen LogP contribution in [0.25, 0.3) is 0 Å². The third kappa shape index (κ3) is 4.04. The van der Waals surface area contributed by atoms with Crippen LogP contribution in [0.5, 0.6) is 0 Å². The van der Waals surface area contributed by atoms with Crippen LogP contribution in [-0.2, 0) is 11.3 Å². The van der Waals surface area contributed by atoms with Gasteiger partial charge in [0.2, 0.25) is 5.89 Å². The van der Waals surface area contributed by atoms with Gasteiger partial charge in [0.05, 0.1) is 6.04 Å². The monoisotopic (exact) mass is 357 g/mol. The summed E-state index contributed by atoms with van der Waals surface area (Å²) >= 11 is 0. The lowest BCUT2D eigenvalue weighted by Gasteiger charge is -2.28. The fraction of sp³-hybridized carbons (Fsp3) is 0.632. The summed E-state index contributed by atoms with van der Waals surface area (Å²) in [5, 5.41) is 7.59. The Morgan fingerprint density at radius 1 is 1.23 bits per heavy atom. The van der Waals surface area contributed by atoms with E-state index in [2.05, 4.69) is 37.5 Å². The van der Waals surface area contributed by atoms with Crippen molar-refractivity contribution in [1.29, 1.82) is 0 Å². The lowest BCUT2D eigenvalue weighted by molar-refractivity contribution is 0.0485. The predicted molar refractivity (Wildman–Crippen MR) is 97.8 cm³/mol. The maximum atomic E-state index is 5.51. The van der Waals surface area contributed by atoms with Crippen LogP contribution in [0.4, 0.5) is 5.82 Å². The van der Waals surface area contributed by atoms with Gasteiger partial charge in [-0.05, 0) is 50.2 Å². The quantitative estimate of drug-likeness (QED) is 0.851. The first-order valence-electron chi connectivity index (χ1n) is 9.61. The predicted octanol–water partition coefficient (Wildman–Crippen LogP) is 2.63. The molecule has 0 aliphatic carbocycles. The number of aryl methyl sites for hydroxylation is 1. The largest absolute Gasteiger partial charge is 0.381 e. The van der Waals surface area contributed by atoms with E-state index in [4.69, 9.17) is 9.26 Å². The molecule has 7 heteroatoms. The van der Waals surface area contributed by atoms with Crippen LogP contribution >= 0.6 is 0 Å². The molecule has 1 N–H and O–H groups in total. The molecule has 1 atom stereocenters. The minimum atomic E-state index is 0.0540. The highest BCUT2D eigenvalue weighted by atomic mass is 16.5. The van der Waals surface area contributed by atoms with Crippen LogP contribution in [0, 0.1) is 12.8 Å². The second-order valence-electron chi connectivity index (χ2n) is 7.21. The Balaban J connectivity index is 1.42. The number of nitrogens with one attached hydrogen (secondary N) is 1. The number of ether oxygens (including phenoxy) is 1. The van der Waals surface area contributed by atoms with Crippen molar-refractivity contribution in [2.75, 3.05) is 31.2 Å². The van der Waals surface area contributed by atoms with Crippen molar-refractivity contribution in [2.45, 2.75) is 45.2 Å². The molecule has 7 nitrogen and oxygen atoms in total. The molecule has 2 saturated heterocycles. The number of hydrogen-bond acceptors (Lipinski definition) is 7. The Bertz CT molecular complexity index is 690. The molecule has 2 aromatic heterocycles. The molecule has 26 heavy (non-hydrogen) atoms. The van der Waals surface area contributed by atoms with Gasteiger partial charge >= 0.3 is 0 Å². The van der Waals surface area contributed by atoms with Gasteiger partial charge in [-0.1, -0.05) is 11.2 Å². The lowest BCUT2D eigenvalue weighted by Crippen LogP contribution is -2.32. The van der Waals surface area contributed by atoms with Gasteiger partial charge in [-0.25, -0.2) is 4.98 Å². The minimum absolute atomic E-state index is 0.0540. The first-order valence-corrected chi connectivity index (χ1v) is 9.61. The van der Waals surface area contributed by atoms with Crippen molar-refractivity contribution in [1.82, 2.24) is 20.4 Å². The van der Waals surface area contributed by atoms with Gasteiger partial charge in [-0.15, -0.1) is 0 Å². The number of rotatable bonds is 6. The van der Waals surface area contributed by atoms with E-state index in [1.807, 2.05) is 13.1 Å². The molecule has 0 unspecified atom stereocenters. The summed E-state index contributed by atoms with van der Waals surface area (Å²) in [4.78, 5) is 11.5. The Morgan fingerprint density at radius 2 is 2.04 bits per heavy atom. The highest BCUT2D eigenvalue weighted by molar-refractivity contribution is 5.40. The van der Waals surface area contributed by atoms with Crippen LogP contribution in [0.2, 0.25) is 0 Å². The highest BCUT2D eigenvalue weighted by Crippen LogP contribution is 2.29. The van der Waals surface area contributed by atoms with E-state index < -0.39 is 0 Å². The van der Waals surface area contributed by atoms with Crippen molar-refractivity contribution in [3.8, 4) is 0 Å². The third-order valence-corrected chi connectivity index (χ3v) is 5.31. The molecule has 0 spiro atoms. The van der Waals surface area contributed by atoms with Crippen molar-refractivity contribution in [3.63, 3.8) is 0 Å². The van der Waals surface area contributed by atoms with Crippen molar-refractivity contribution in [3.05, 3.63) is 35.6 Å². The van der Waals surface area contributed by atoms with Crippen molar-refractivity contribution >= 4 is 5.82 Å². The van der Waals surface area contributed by atoms with E-state index in [9.17, 15) is 0 Å². The summed E-state index contributed by atoms with van der Waals surface area (Å²) in [6, 6.07) is 4.34. The van der Waals surface area contributed by atoms with Crippen LogP contribution in [-0.4, -0.2) is 41.4 Å². The molecule has 0 amide bonds. The lowest BCUT2D eigenvalue weighted by atomic mass is 9.91. The molecule has 0 bridgehead atoms. The maximum Gasteiger partial charge on any atom is 0.244 e. The summed E-state index contributed by atoms with van der Waals surface area (Å²) in [7, 11) is 0. The molecule has 2 fully saturated rings. The third-order valence-electron chi connectivity index (χ3n) is 5.31. The van der Waals surface area contributed by atoms with Crippen LogP contribution in [0.3, 0.4) is 0 Å². The standard InChI is InChI=1S/C19H27N5O2/c1-14-22-19(26-23-14)18(16-6-10-25-11-7-16)21-13-15-4-5-17(20-12-15)24-8-2-3-9-24/h4-5,12,16,18,21H,2-3,6-11,13H2,1H3/t18-/m1/s1. The number of nitrogens with zero attached hydrogens (tertiary/aromatic N) is 4. The fourth-order valence-electron chi connectivity index (χ4n) is 3.83. The molecule has 0 aromatic carbocycles. The highest BCUT2D eigenvalue weighted by Gasteiger charge is 2.29. The molecule has 0 saturated carbocycles. The first-order chi connectivity index (χ1) is 12.8. The topological polar surface area (TPSA) is 76.3 Å². The van der Waals surface area contributed by atoms with Crippen LogP contribution in [0.1, 0.15) is 49.0 Å². The summed E-state index contributed by atoms with van der Waals surface area (Å²) in [5.74, 6) is 2.88. The number of pyridine rings is 1. The van der Waals surface area contributed by atoms with Gasteiger partial charge in [-0.2, -0.15) is 4.98 Å². The Kier molecular flexibility index (Phi) is 5.45. The van der Waals surface area contributed by atoms with E-state index in [1.165, 1.54) is 18.4 Å². The average Bonchev–Trinajstić information content (AvgIpc) is 3.36. The molecule has 140 valence electrons. The smallest absolute Gasteiger partial charge is 0.244 e. The Morgan fingerprint density at radius 3 is 2.69 bits per heavy atom. The molecule has 0 radical (unpaired) electrons. The van der Waals surface area contributed by atoms with Gasteiger partial charge in [0, 0.05) is 39.0 Å². The molecule has 4 heterocycles. The van der Waals surface area contributed by atoms with Gasteiger partial charge in [0.25, 0.3) is 0 Å².